The van der Waals surface area contributed by atoms with Gasteiger partial charge in [0.05, 0.1) is 17.7 Å². The maximum Gasteiger partial charge on any atom is 0.119 e. The van der Waals surface area contributed by atoms with Crippen LogP contribution in [0.3, 0.4) is 0 Å². The van der Waals surface area contributed by atoms with Gasteiger partial charge >= 0.3 is 0 Å². The number of nitrogens with zero attached hydrogens (tertiary/aromatic N) is 1. The van der Waals surface area contributed by atoms with Crippen LogP contribution in [0.25, 0.3) is 11.1 Å². The van der Waals surface area contributed by atoms with E-state index in [1.165, 1.54) is 27.8 Å². The third-order valence-corrected chi connectivity index (χ3v) is 5.05. The standard InChI is InChI=1S/C26H31N3O/c1-19(2)6-5-15-30-23-11-12-24(20(3)16-23)22-9-7-21(8-10-22)17-29-14-13-25(27)26(18-29)28-4/h6-14,16,18,27-28H,5,15,17H2,1-4H3. The molecular weight excluding hydrogens is 370 g/mol. The van der Waals surface area contributed by atoms with Crippen molar-refractivity contribution in [1.29, 1.82) is 5.41 Å². The van der Waals surface area contributed by atoms with E-state index in [0.717, 1.165) is 24.4 Å². The Morgan fingerprint density at radius 3 is 2.53 bits per heavy atom. The van der Waals surface area contributed by atoms with E-state index in [0.29, 0.717) is 12.0 Å². The van der Waals surface area contributed by atoms with Crippen molar-refractivity contribution in [2.24, 2.45) is 0 Å². The summed E-state index contributed by atoms with van der Waals surface area (Å²) in [5, 5.41) is 11.4. The molecule has 30 heavy (non-hydrogen) atoms. The maximum absolute atomic E-state index is 7.88. The Balaban J connectivity index is 1.68. The van der Waals surface area contributed by atoms with E-state index >= 15 is 0 Å². The number of hydrogen-bond donors (Lipinski definition) is 2. The smallest absolute Gasteiger partial charge is 0.119 e. The zero-order valence-corrected chi connectivity index (χ0v) is 18.3. The average Bonchev–Trinajstić information content (AvgIpc) is 2.73. The fourth-order valence-electron chi connectivity index (χ4n) is 3.41. The van der Waals surface area contributed by atoms with Crippen molar-refractivity contribution in [3.8, 4) is 16.9 Å². The first-order valence-corrected chi connectivity index (χ1v) is 10.3. The van der Waals surface area contributed by atoms with Crippen LogP contribution >= 0.6 is 0 Å². The van der Waals surface area contributed by atoms with E-state index in [4.69, 9.17) is 10.1 Å². The Morgan fingerprint density at radius 1 is 1.10 bits per heavy atom. The van der Waals surface area contributed by atoms with Crippen molar-refractivity contribution in [3.05, 3.63) is 89.1 Å². The zero-order chi connectivity index (χ0) is 21.5. The van der Waals surface area contributed by atoms with Gasteiger partial charge in [0.15, 0.2) is 0 Å². The number of hydrogen-bond acceptors (Lipinski definition) is 3. The van der Waals surface area contributed by atoms with Crippen molar-refractivity contribution in [2.45, 2.75) is 33.7 Å². The van der Waals surface area contributed by atoms with Crippen LogP contribution in [0.4, 0.5) is 5.69 Å². The van der Waals surface area contributed by atoms with Crippen LogP contribution in [-0.2, 0) is 6.54 Å². The fraction of sp³-hybridized carbons (Fsp3) is 0.269. The summed E-state index contributed by atoms with van der Waals surface area (Å²) in [5.74, 6) is 0.921. The van der Waals surface area contributed by atoms with Gasteiger partial charge in [0, 0.05) is 26.0 Å². The summed E-state index contributed by atoms with van der Waals surface area (Å²) >= 11 is 0. The van der Waals surface area contributed by atoms with E-state index in [1.54, 1.807) is 0 Å². The highest BCUT2D eigenvalue weighted by atomic mass is 16.5. The summed E-state index contributed by atoms with van der Waals surface area (Å²) in [5.41, 5.74) is 7.01. The summed E-state index contributed by atoms with van der Waals surface area (Å²) < 4.78 is 7.96. The minimum atomic E-state index is 0.504. The van der Waals surface area contributed by atoms with Gasteiger partial charge in [0.2, 0.25) is 0 Å². The molecule has 2 aromatic carbocycles. The summed E-state index contributed by atoms with van der Waals surface area (Å²) in [4.78, 5) is 0. The molecule has 0 bridgehead atoms. The van der Waals surface area contributed by atoms with Gasteiger partial charge in [-0.3, -0.25) is 5.41 Å². The first kappa shape index (κ1) is 21.4. The second-order valence-corrected chi connectivity index (χ2v) is 7.79. The molecule has 0 unspecified atom stereocenters. The average molecular weight is 402 g/mol. The lowest BCUT2D eigenvalue weighted by atomic mass is 9.99. The highest BCUT2D eigenvalue weighted by Gasteiger charge is 2.05. The van der Waals surface area contributed by atoms with Crippen LogP contribution in [0.5, 0.6) is 5.75 Å². The first-order valence-electron chi connectivity index (χ1n) is 10.3. The van der Waals surface area contributed by atoms with Crippen LogP contribution in [0.1, 0.15) is 31.4 Å². The molecule has 0 aliphatic rings. The van der Waals surface area contributed by atoms with Crippen LogP contribution in [0.15, 0.2) is 72.6 Å². The Morgan fingerprint density at radius 2 is 1.87 bits per heavy atom. The van der Waals surface area contributed by atoms with Gasteiger partial charge in [-0.1, -0.05) is 42.0 Å². The summed E-state index contributed by atoms with van der Waals surface area (Å²) in [6.07, 6.45) is 7.04. The molecule has 0 aliphatic heterocycles. The lowest BCUT2D eigenvalue weighted by molar-refractivity contribution is 0.324. The highest BCUT2D eigenvalue weighted by molar-refractivity contribution is 5.68. The maximum atomic E-state index is 7.88. The Kier molecular flexibility index (Phi) is 7.12. The molecule has 0 amide bonds. The van der Waals surface area contributed by atoms with Gasteiger partial charge in [0.25, 0.3) is 0 Å². The van der Waals surface area contributed by atoms with Crippen molar-refractivity contribution >= 4 is 5.69 Å². The predicted octanol–water partition coefficient (Wildman–Crippen LogP) is 5.77. The molecule has 0 saturated carbocycles. The number of anilines is 1. The molecule has 4 heteroatoms. The molecule has 0 saturated heterocycles. The van der Waals surface area contributed by atoms with Crippen molar-refractivity contribution in [1.82, 2.24) is 4.57 Å². The van der Waals surface area contributed by atoms with Gasteiger partial charge < -0.3 is 14.6 Å². The predicted molar refractivity (Wildman–Crippen MR) is 125 cm³/mol. The zero-order valence-electron chi connectivity index (χ0n) is 18.3. The Bertz CT molecular complexity index is 1070. The summed E-state index contributed by atoms with van der Waals surface area (Å²) in [6, 6.07) is 16.8. The van der Waals surface area contributed by atoms with E-state index < -0.39 is 0 Å². The van der Waals surface area contributed by atoms with Gasteiger partial charge in [-0.05, 0) is 67.6 Å². The van der Waals surface area contributed by atoms with Crippen molar-refractivity contribution < 1.29 is 4.74 Å². The summed E-state index contributed by atoms with van der Waals surface area (Å²) in [6.45, 7) is 7.81. The molecule has 0 fully saturated rings. The largest absolute Gasteiger partial charge is 0.493 e. The number of rotatable bonds is 8. The Hall–Kier alpha value is -3.27. The number of aromatic nitrogens is 1. The normalized spacial score (nSPS) is 10.5. The topological polar surface area (TPSA) is 50.0 Å². The number of nitrogens with one attached hydrogen (secondary N) is 2. The SMILES string of the molecule is CNc1cn(Cc2ccc(-c3ccc(OCCC=C(C)C)cc3C)cc2)ccc1=N. The van der Waals surface area contributed by atoms with Crippen molar-refractivity contribution in [2.75, 3.05) is 19.0 Å². The second kappa shape index (κ2) is 9.97. The van der Waals surface area contributed by atoms with Crippen LogP contribution < -0.4 is 15.4 Å². The minimum absolute atomic E-state index is 0.504. The lowest BCUT2D eigenvalue weighted by Crippen LogP contribution is -2.11. The van der Waals surface area contributed by atoms with E-state index in [1.807, 2.05) is 25.5 Å². The van der Waals surface area contributed by atoms with Crippen LogP contribution in [0, 0.1) is 12.3 Å². The third-order valence-electron chi connectivity index (χ3n) is 5.05. The van der Waals surface area contributed by atoms with Crippen molar-refractivity contribution in [3.63, 3.8) is 0 Å². The van der Waals surface area contributed by atoms with Crippen LogP contribution in [0.2, 0.25) is 0 Å². The molecule has 0 spiro atoms. The van der Waals surface area contributed by atoms with Gasteiger partial charge in [-0.25, -0.2) is 0 Å². The minimum Gasteiger partial charge on any atom is -0.493 e. The number of pyridine rings is 1. The van der Waals surface area contributed by atoms with E-state index in [2.05, 4.69) is 79.2 Å². The highest BCUT2D eigenvalue weighted by Crippen LogP contribution is 2.27. The molecule has 2 N–H and O–H groups in total. The van der Waals surface area contributed by atoms with E-state index in [9.17, 15) is 0 Å². The second-order valence-electron chi connectivity index (χ2n) is 7.79. The number of aryl methyl sites for hydroxylation is 1. The van der Waals surface area contributed by atoms with Crippen LogP contribution in [-0.4, -0.2) is 18.2 Å². The van der Waals surface area contributed by atoms with Gasteiger partial charge in [0.1, 0.15) is 5.75 Å². The number of benzene rings is 2. The van der Waals surface area contributed by atoms with E-state index in [-0.39, 0.29) is 0 Å². The quantitative estimate of drug-likeness (QED) is 0.372. The molecule has 3 aromatic rings. The molecule has 0 radical (unpaired) electrons. The molecule has 3 rings (SSSR count). The molecule has 156 valence electrons. The Labute approximate surface area is 179 Å². The molecular formula is C26H31N3O. The summed E-state index contributed by atoms with van der Waals surface area (Å²) in [7, 11) is 1.84. The fourth-order valence-corrected chi connectivity index (χ4v) is 3.41. The van der Waals surface area contributed by atoms with Gasteiger partial charge in [-0.15, -0.1) is 0 Å². The third kappa shape index (κ3) is 5.63. The molecule has 0 aliphatic carbocycles. The van der Waals surface area contributed by atoms with Gasteiger partial charge in [-0.2, -0.15) is 0 Å². The first-order chi connectivity index (χ1) is 14.5. The lowest BCUT2D eigenvalue weighted by Gasteiger charge is -2.12. The molecule has 1 aromatic heterocycles. The molecule has 1 heterocycles. The number of ether oxygens (including phenoxy) is 1. The number of allylic oxidation sites excluding steroid dienone is 1. The molecule has 0 atom stereocenters. The monoisotopic (exact) mass is 401 g/mol. The molecule has 4 nitrogen and oxygen atoms in total.